The molecule has 1 heteroatoms. The predicted octanol–water partition coefficient (Wildman–Crippen LogP) is 1.15. The molecular weight excluding hydrogens is 110 g/mol. The van der Waals surface area contributed by atoms with E-state index < -0.39 is 0 Å². The van der Waals surface area contributed by atoms with Crippen molar-refractivity contribution in [3.63, 3.8) is 0 Å². The van der Waals surface area contributed by atoms with Crippen LogP contribution in [-0.2, 0) is 0 Å². The average Bonchev–Trinajstić information content (AvgIpc) is 2.09. The van der Waals surface area contributed by atoms with Gasteiger partial charge < -0.3 is 5.32 Å². The van der Waals surface area contributed by atoms with Gasteiger partial charge in [-0.25, -0.2) is 0 Å². The number of rotatable bonds is 0. The van der Waals surface area contributed by atoms with E-state index in [-0.39, 0.29) is 0 Å². The fourth-order valence-electron chi connectivity index (χ4n) is 3.18. The summed E-state index contributed by atoms with van der Waals surface area (Å²) >= 11 is 0. The zero-order chi connectivity index (χ0) is 5.95. The highest BCUT2D eigenvalue weighted by molar-refractivity contribution is 5.19. The first-order chi connectivity index (χ1) is 4.37. The Morgan fingerprint density at radius 2 is 1.22 bits per heavy atom. The molecule has 1 nitrogen and oxygen atoms in total. The highest BCUT2D eigenvalue weighted by atomic mass is 15.0. The van der Waals surface area contributed by atoms with Gasteiger partial charge in [-0.1, -0.05) is 0 Å². The van der Waals surface area contributed by atoms with Crippen LogP contribution in [0.5, 0.6) is 0 Å². The van der Waals surface area contributed by atoms with Gasteiger partial charge >= 0.3 is 0 Å². The maximum atomic E-state index is 3.53. The molecule has 3 fully saturated rings. The molecule has 0 aromatic heterocycles. The van der Waals surface area contributed by atoms with Gasteiger partial charge in [0, 0.05) is 13.1 Å². The lowest BCUT2D eigenvalue weighted by atomic mass is 9.39. The van der Waals surface area contributed by atoms with Crippen molar-refractivity contribution in [1.29, 1.82) is 0 Å². The van der Waals surface area contributed by atoms with Crippen LogP contribution >= 0.6 is 0 Å². The summed E-state index contributed by atoms with van der Waals surface area (Å²) in [5.41, 5.74) is 1.68. The van der Waals surface area contributed by atoms with Gasteiger partial charge in [-0.15, -0.1) is 0 Å². The van der Waals surface area contributed by atoms with Crippen LogP contribution in [0.3, 0.4) is 0 Å². The van der Waals surface area contributed by atoms with Crippen LogP contribution in [0.15, 0.2) is 0 Å². The lowest BCUT2D eigenvalue weighted by Gasteiger charge is -2.64. The number of nitrogens with one attached hydrogen (secondary N) is 1. The molecule has 3 aliphatic rings. The maximum Gasteiger partial charge on any atom is 0.00139 e. The van der Waals surface area contributed by atoms with Crippen molar-refractivity contribution in [2.75, 3.05) is 13.1 Å². The Morgan fingerprint density at radius 3 is 1.44 bits per heavy atom. The molecule has 2 saturated carbocycles. The van der Waals surface area contributed by atoms with Crippen molar-refractivity contribution in [3.8, 4) is 0 Å². The van der Waals surface area contributed by atoms with Crippen molar-refractivity contribution in [3.05, 3.63) is 0 Å². The molecule has 0 aromatic carbocycles. The summed E-state index contributed by atoms with van der Waals surface area (Å²) in [6.07, 6.45) is 6.11. The topological polar surface area (TPSA) is 12.0 Å². The molecule has 9 heavy (non-hydrogen) atoms. The maximum absolute atomic E-state index is 3.53. The summed E-state index contributed by atoms with van der Waals surface area (Å²) in [5.74, 6) is 0. The first-order valence-electron chi connectivity index (χ1n) is 4.08. The normalized spacial score (nSPS) is 61.3. The molecule has 50 valence electrons. The smallest absolute Gasteiger partial charge is 0.00139 e. The Labute approximate surface area is 55.8 Å². The third-order valence-corrected chi connectivity index (χ3v) is 4.22. The van der Waals surface area contributed by atoms with Gasteiger partial charge in [-0.05, 0) is 36.5 Å². The third kappa shape index (κ3) is 0.295. The summed E-state index contributed by atoms with van der Waals surface area (Å²) in [7, 11) is 0. The summed E-state index contributed by atoms with van der Waals surface area (Å²) in [4.78, 5) is 0. The lowest BCUT2D eigenvalue weighted by molar-refractivity contribution is -0.133. The first-order valence-corrected chi connectivity index (χ1v) is 4.08. The van der Waals surface area contributed by atoms with E-state index in [0.717, 1.165) is 10.8 Å². The van der Waals surface area contributed by atoms with E-state index in [1.54, 1.807) is 0 Å². The van der Waals surface area contributed by atoms with Gasteiger partial charge in [0.25, 0.3) is 0 Å². The molecule has 0 unspecified atom stereocenters. The Balaban J connectivity index is 2.04. The molecular formula is C8H13N. The molecule has 0 aromatic rings. The van der Waals surface area contributed by atoms with Crippen LogP contribution in [-0.4, -0.2) is 13.1 Å². The minimum atomic E-state index is 0.840. The summed E-state index contributed by atoms with van der Waals surface area (Å²) in [6, 6.07) is 0. The van der Waals surface area contributed by atoms with Crippen LogP contribution in [0.4, 0.5) is 0 Å². The molecule has 0 amide bonds. The van der Waals surface area contributed by atoms with Gasteiger partial charge in [0.15, 0.2) is 0 Å². The summed E-state index contributed by atoms with van der Waals surface area (Å²) < 4.78 is 0. The van der Waals surface area contributed by atoms with Crippen LogP contribution in [0.25, 0.3) is 0 Å². The highest BCUT2D eigenvalue weighted by Gasteiger charge is 2.67. The monoisotopic (exact) mass is 123 g/mol. The van der Waals surface area contributed by atoms with E-state index in [1.807, 2.05) is 0 Å². The molecule has 0 radical (unpaired) electrons. The number of hydrogen-bond donors (Lipinski definition) is 1. The van der Waals surface area contributed by atoms with E-state index in [4.69, 9.17) is 0 Å². The zero-order valence-electron chi connectivity index (χ0n) is 5.74. The number of hydrogen-bond acceptors (Lipinski definition) is 1. The zero-order valence-corrected chi connectivity index (χ0v) is 5.74. The summed E-state index contributed by atoms with van der Waals surface area (Å²) in [5, 5.41) is 3.53. The third-order valence-electron chi connectivity index (χ3n) is 4.22. The van der Waals surface area contributed by atoms with E-state index >= 15 is 0 Å². The second kappa shape index (κ2) is 1.07. The first kappa shape index (κ1) is 4.73. The highest BCUT2D eigenvalue weighted by Crippen LogP contribution is 2.71. The van der Waals surface area contributed by atoms with Crippen molar-refractivity contribution in [2.24, 2.45) is 10.8 Å². The minimum Gasteiger partial charge on any atom is -0.316 e. The Hall–Kier alpha value is -0.0400. The van der Waals surface area contributed by atoms with Gasteiger partial charge in [0.05, 0.1) is 0 Å². The molecule has 3 rings (SSSR count). The molecule has 1 N–H and O–H groups in total. The van der Waals surface area contributed by atoms with E-state index in [0.29, 0.717) is 0 Å². The standard InChI is InChI=1S/C8H13N/c1-2-8-4-3-7(1,8)5-9-6-8/h9H,1-6H2. The van der Waals surface area contributed by atoms with Crippen LogP contribution in [0, 0.1) is 10.8 Å². The molecule has 1 aliphatic heterocycles. The molecule has 0 spiro atoms. The van der Waals surface area contributed by atoms with Crippen LogP contribution in [0.2, 0.25) is 0 Å². The van der Waals surface area contributed by atoms with Crippen molar-refractivity contribution in [1.82, 2.24) is 5.32 Å². The van der Waals surface area contributed by atoms with Gasteiger partial charge in [-0.2, -0.15) is 0 Å². The molecule has 1 heterocycles. The lowest BCUT2D eigenvalue weighted by Crippen LogP contribution is -2.58. The Kier molecular flexibility index (Phi) is 0.563. The van der Waals surface area contributed by atoms with Gasteiger partial charge in [0.1, 0.15) is 0 Å². The second-order valence-corrected chi connectivity index (χ2v) is 4.16. The van der Waals surface area contributed by atoms with Gasteiger partial charge in [-0.3, -0.25) is 0 Å². The van der Waals surface area contributed by atoms with Crippen LogP contribution in [0.1, 0.15) is 25.7 Å². The Morgan fingerprint density at radius 1 is 0.778 bits per heavy atom. The molecule has 1 saturated heterocycles. The van der Waals surface area contributed by atoms with E-state index in [2.05, 4.69) is 5.32 Å². The largest absolute Gasteiger partial charge is 0.316 e. The fourth-order valence-corrected chi connectivity index (χ4v) is 3.18. The van der Waals surface area contributed by atoms with Crippen molar-refractivity contribution < 1.29 is 0 Å². The second-order valence-electron chi connectivity index (χ2n) is 4.16. The molecule has 2 aliphatic carbocycles. The van der Waals surface area contributed by atoms with Crippen molar-refractivity contribution in [2.45, 2.75) is 25.7 Å². The average molecular weight is 123 g/mol. The van der Waals surface area contributed by atoms with E-state index in [1.165, 1.54) is 38.8 Å². The van der Waals surface area contributed by atoms with Crippen molar-refractivity contribution >= 4 is 0 Å². The SMILES string of the molecule is C1CC23CCC12CNC3. The predicted molar refractivity (Wildman–Crippen MR) is 36.2 cm³/mol. The van der Waals surface area contributed by atoms with E-state index in [9.17, 15) is 0 Å². The molecule has 0 bridgehead atoms. The van der Waals surface area contributed by atoms with Crippen LogP contribution < -0.4 is 5.32 Å². The fraction of sp³-hybridized carbons (Fsp3) is 1.00. The summed E-state index contributed by atoms with van der Waals surface area (Å²) in [6.45, 7) is 2.68. The Bertz CT molecular complexity index is 136. The van der Waals surface area contributed by atoms with Gasteiger partial charge in [0.2, 0.25) is 0 Å². The minimum absolute atomic E-state index is 0.840. The quantitative estimate of drug-likeness (QED) is 0.509. The molecule has 0 atom stereocenters.